The molecule has 1 aromatic heterocycles. The molecule has 1 heterocycles. The van der Waals surface area contributed by atoms with E-state index in [2.05, 4.69) is 5.10 Å². The summed E-state index contributed by atoms with van der Waals surface area (Å²) in [4.78, 5) is 11.1. The summed E-state index contributed by atoms with van der Waals surface area (Å²) in [5.74, 6) is -1.15. The number of fused-ring (bicyclic) bond motifs is 1. The van der Waals surface area contributed by atoms with E-state index >= 15 is 0 Å². The molecule has 0 aliphatic rings. The zero-order chi connectivity index (χ0) is 11.0. The number of rotatable bonds is 2. The summed E-state index contributed by atoms with van der Waals surface area (Å²) < 4.78 is 14.8. The fourth-order valence-electron chi connectivity index (χ4n) is 1.50. The molecule has 0 atom stereocenters. The highest BCUT2D eigenvalue weighted by Crippen LogP contribution is 2.18. The zero-order valence-electron chi connectivity index (χ0n) is 8.20. The van der Waals surface area contributed by atoms with Crippen LogP contribution in [0.15, 0.2) is 18.3 Å². The van der Waals surface area contributed by atoms with Crippen molar-refractivity contribution < 1.29 is 9.18 Å². The lowest BCUT2D eigenvalue weighted by Gasteiger charge is -1.96. The highest BCUT2D eigenvalue weighted by Gasteiger charge is 2.12. The SMILES string of the molecule is CCn1cc2cc(F)cc(C(N)=O)c2n1. The number of carbonyl (C=O) groups excluding carboxylic acids is 1. The van der Waals surface area contributed by atoms with Crippen LogP contribution < -0.4 is 5.73 Å². The summed E-state index contributed by atoms with van der Waals surface area (Å²) in [5.41, 5.74) is 5.72. The molecule has 0 saturated carbocycles. The predicted octanol–water partition coefficient (Wildman–Crippen LogP) is 1.29. The maximum absolute atomic E-state index is 13.1. The van der Waals surface area contributed by atoms with Crippen LogP contribution in [0.5, 0.6) is 0 Å². The van der Waals surface area contributed by atoms with Crippen LogP contribution in [0.4, 0.5) is 4.39 Å². The van der Waals surface area contributed by atoms with Gasteiger partial charge in [0.2, 0.25) is 0 Å². The molecule has 4 nitrogen and oxygen atoms in total. The highest BCUT2D eigenvalue weighted by atomic mass is 19.1. The minimum atomic E-state index is -0.666. The number of primary amides is 1. The van der Waals surface area contributed by atoms with Crippen LogP contribution in [0.1, 0.15) is 17.3 Å². The average molecular weight is 207 g/mol. The van der Waals surface area contributed by atoms with E-state index in [1.165, 1.54) is 6.07 Å². The van der Waals surface area contributed by atoms with Gasteiger partial charge in [-0.25, -0.2) is 4.39 Å². The highest BCUT2D eigenvalue weighted by molar-refractivity contribution is 6.04. The molecule has 2 rings (SSSR count). The second kappa shape index (κ2) is 3.34. The van der Waals surface area contributed by atoms with Crippen LogP contribution in [0.2, 0.25) is 0 Å². The Balaban J connectivity index is 2.77. The van der Waals surface area contributed by atoms with Crippen molar-refractivity contribution in [3.8, 4) is 0 Å². The van der Waals surface area contributed by atoms with Crippen LogP contribution in [-0.2, 0) is 6.54 Å². The van der Waals surface area contributed by atoms with Gasteiger partial charge in [-0.05, 0) is 19.1 Å². The Labute approximate surface area is 85.5 Å². The van der Waals surface area contributed by atoms with Gasteiger partial charge in [0.1, 0.15) is 11.3 Å². The van der Waals surface area contributed by atoms with Gasteiger partial charge in [-0.2, -0.15) is 5.10 Å². The number of aromatic nitrogens is 2. The minimum Gasteiger partial charge on any atom is -0.366 e. The summed E-state index contributed by atoms with van der Waals surface area (Å²) in [6, 6.07) is 2.44. The summed E-state index contributed by atoms with van der Waals surface area (Å²) in [6.45, 7) is 2.57. The van der Waals surface area contributed by atoms with Crippen molar-refractivity contribution in [2.45, 2.75) is 13.5 Å². The van der Waals surface area contributed by atoms with Crippen LogP contribution in [0.25, 0.3) is 10.9 Å². The van der Waals surface area contributed by atoms with Gasteiger partial charge in [0.05, 0.1) is 5.56 Å². The molecular formula is C10H10FN3O. The third-order valence-electron chi connectivity index (χ3n) is 2.21. The molecule has 0 spiro atoms. The molecule has 1 aromatic carbocycles. The van der Waals surface area contributed by atoms with Crippen LogP contribution >= 0.6 is 0 Å². The largest absolute Gasteiger partial charge is 0.366 e. The third kappa shape index (κ3) is 1.56. The lowest BCUT2D eigenvalue weighted by molar-refractivity contribution is 0.100. The Kier molecular flexibility index (Phi) is 2.15. The second-order valence-electron chi connectivity index (χ2n) is 3.24. The molecule has 78 valence electrons. The lowest BCUT2D eigenvalue weighted by atomic mass is 10.1. The summed E-state index contributed by atoms with van der Waals surface area (Å²) >= 11 is 0. The van der Waals surface area contributed by atoms with Crippen LogP contribution in [0.3, 0.4) is 0 Å². The molecule has 5 heteroatoms. The van der Waals surface area contributed by atoms with Crippen molar-refractivity contribution in [1.29, 1.82) is 0 Å². The number of hydrogen-bond donors (Lipinski definition) is 1. The lowest BCUT2D eigenvalue weighted by Crippen LogP contribution is -2.12. The van der Waals surface area contributed by atoms with Crippen molar-refractivity contribution in [2.75, 3.05) is 0 Å². The van der Waals surface area contributed by atoms with Gasteiger partial charge in [-0.15, -0.1) is 0 Å². The Bertz CT molecular complexity index is 533. The predicted molar refractivity (Wildman–Crippen MR) is 53.9 cm³/mol. The molecule has 0 fully saturated rings. The molecule has 0 aliphatic carbocycles. The van der Waals surface area contributed by atoms with Crippen molar-refractivity contribution >= 4 is 16.8 Å². The van der Waals surface area contributed by atoms with Crippen molar-refractivity contribution in [1.82, 2.24) is 9.78 Å². The van der Waals surface area contributed by atoms with E-state index in [9.17, 15) is 9.18 Å². The first-order chi connectivity index (χ1) is 7.11. The number of halogens is 1. The van der Waals surface area contributed by atoms with Crippen molar-refractivity contribution in [3.05, 3.63) is 29.7 Å². The van der Waals surface area contributed by atoms with E-state index in [1.54, 1.807) is 10.9 Å². The quantitative estimate of drug-likeness (QED) is 0.806. The van der Waals surface area contributed by atoms with Crippen molar-refractivity contribution in [3.63, 3.8) is 0 Å². The van der Waals surface area contributed by atoms with Gasteiger partial charge in [0.25, 0.3) is 5.91 Å². The van der Waals surface area contributed by atoms with Gasteiger partial charge in [0, 0.05) is 18.1 Å². The van der Waals surface area contributed by atoms with Crippen molar-refractivity contribution in [2.24, 2.45) is 5.73 Å². The summed E-state index contributed by atoms with van der Waals surface area (Å²) in [6.07, 6.45) is 1.69. The summed E-state index contributed by atoms with van der Waals surface area (Å²) in [5, 5.41) is 4.73. The second-order valence-corrected chi connectivity index (χ2v) is 3.24. The van der Waals surface area contributed by atoms with E-state index in [1.807, 2.05) is 6.92 Å². The number of amides is 1. The molecule has 0 bridgehead atoms. The molecule has 1 amide bonds. The molecular weight excluding hydrogens is 197 g/mol. The van der Waals surface area contributed by atoms with E-state index in [4.69, 9.17) is 5.73 Å². The number of carbonyl (C=O) groups is 1. The molecule has 2 N–H and O–H groups in total. The molecule has 0 unspecified atom stereocenters. The number of benzene rings is 1. The van der Waals surface area contributed by atoms with Gasteiger partial charge < -0.3 is 5.73 Å². The van der Waals surface area contributed by atoms with Gasteiger partial charge in [-0.3, -0.25) is 9.48 Å². The first-order valence-electron chi connectivity index (χ1n) is 4.58. The monoisotopic (exact) mass is 207 g/mol. The minimum absolute atomic E-state index is 0.122. The zero-order valence-corrected chi connectivity index (χ0v) is 8.20. The third-order valence-corrected chi connectivity index (χ3v) is 2.21. The Morgan fingerprint density at radius 1 is 1.60 bits per heavy atom. The fraction of sp³-hybridized carbons (Fsp3) is 0.200. The van der Waals surface area contributed by atoms with E-state index in [0.29, 0.717) is 17.4 Å². The number of aryl methyl sites for hydroxylation is 1. The van der Waals surface area contributed by atoms with E-state index in [0.717, 1.165) is 6.07 Å². The normalized spacial score (nSPS) is 10.8. The maximum atomic E-state index is 13.1. The summed E-state index contributed by atoms with van der Waals surface area (Å²) in [7, 11) is 0. The fourth-order valence-corrected chi connectivity index (χ4v) is 1.50. The first kappa shape index (κ1) is 9.64. The topological polar surface area (TPSA) is 60.9 Å². The molecule has 15 heavy (non-hydrogen) atoms. The van der Waals surface area contributed by atoms with Gasteiger partial charge in [0.15, 0.2) is 0 Å². The molecule has 2 aromatic rings. The Hall–Kier alpha value is -1.91. The van der Waals surface area contributed by atoms with E-state index < -0.39 is 11.7 Å². The average Bonchev–Trinajstić information content (AvgIpc) is 2.58. The molecule has 0 saturated heterocycles. The maximum Gasteiger partial charge on any atom is 0.251 e. The van der Waals surface area contributed by atoms with Crippen LogP contribution in [0, 0.1) is 5.82 Å². The van der Waals surface area contributed by atoms with E-state index in [-0.39, 0.29) is 5.56 Å². The Morgan fingerprint density at radius 3 is 2.93 bits per heavy atom. The number of nitrogens with two attached hydrogens (primary N) is 1. The van der Waals surface area contributed by atoms with Gasteiger partial charge in [-0.1, -0.05) is 0 Å². The van der Waals surface area contributed by atoms with Crippen LogP contribution in [-0.4, -0.2) is 15.7 Å². The number of hydrogen-bond acceptors (Lipinski definition) is 2. The molecule has 0 radical (unpaired) electrons. The van der Waals surface area contributed by atoms with Gasteiger partial charge >= 0.3 is 0 Å². The smallest absolute Gasteiger partial charge is 0.251 e. The number of nitrogens with zero attached hydrogens (tertiary/aromatic N) is 2. The first-order valence-corrected chi connectivity index (χ1v) is 4.58. The molecule has 0 aliphatic heterocycles. The standard InChI is InChI=1S/C10H10FN3O/c1-2-14-5-6-3-7(11)4-8(10(12)15)9(6)13-14/h3-5H,2H2,1H3,(H2,12,15). The Morgan fingerprint density at radius 2 is 2.33 bits per heavy atom.